The number of hydrogen-bond acceptors (Lipinski definition) is 5. The van der Waals surface area contributed by atoms with Crippen molar-refractivity contribution in [2.75, 3.05) is 5.23 Å². The van der Waals surface area contributed by atoms with E-state index in [2.05, 4.69) is 27.4 Å². The molecule has 1 aromatic carbocycles. The molecule has 1 N–H and O–H groups in total. The van der Waals surface area contributed by atoms with E-state index in [0.717, 1.165) is 24.8 Å². The van der Waals surface area contributed by atoms with E-state index in [4.69, 9.17) is 9.94 Å². The molecule has 3 rings (SSSR count). The summed E-state index contributed by atoms with van der Waals surface area (Å²) in [6.07, 6.45) is 3.58. The molecule has 0 heterocycles. The van der Waals surface area contributed by atoms with Crippen LogP contribution in [0.15, 0.2) is 47.6 Å². The molecule has 1 fully saturated rings. The van der Waals surface area contributed by atoms with Gasteiger partial charge >= 0.3 is 5.97 Å². The number of nitrogens with zero attached hydrogens (tertiary/aromatic N) is 1. The molecule has 140 valence electrons. The lowest BCUT2D eigenvalue weighted by Crippen LogP contribution is -2.33. The van der Waals surface area contributed by atoms with Gasteiger partial charge in [-0.3, -0.25) is 5.21 Å². The molecule has 1 saturated carbocycles. The molecule has 0 aliphatic heterocycles. The standard InChI is InChI=1S/C21H26NO4/c1-13-5-10-17-14(2)11-19(21(3,4)12-18(13)17)26-20(23)15-6-8-16(9-7-15)22(24)25/h6-9,17,19,24H,2,5,10-12H2,1,3-4H3/q-1/t17-,19-/m0/s1. The number of anilines is 1. The Balaban J connectivity index is 1.79. The highest BCUT2D eigenvalue weighted by Crippen LogP contribution is 2.49. The Bertz CT molecular complexity index is 746. The van der Waals surface area contributed by atoms with Gasteiger partial charge in [-0.25, -0.2) is 4.79 Å². The van der Waals surface area contributed by atoms with Gasteiger partial charge in [0.2, 0.25) is 0 Å². The molecule has 0 radical (unpaired) electrons. The van der Waals surface area contributed by atoms with E-state index < -0.39 is 5.97 Å². The Labute approximate surface area is 154 Å². The van der Waals surface area contributed by atoms with E-state index >= 15 is 0 Å². The number of benzene rings is 1. The molecule has 5 nitrogen and oxygen atoms in total. The summed E-state index contributed by atoms with van der Waals surface area (Å²) in [4.78, 5) is 12.6. The minimum Gasteiger partial charge on any atom is -0.733 e. The zero-order valence-corrected chi connectivity index (χ0v) is 15.6. The summed E-state index contributed by atoms with van der Waals surface area (Å²) in [6.45, 7) is 10.8. The van der Waals surface area contributed by atoms with E-state index in [1.165, 1.54) is 35.4 Å². The maximum Gasteiger partial charge on any atom is 0.338 e. The van der Waals surface area contributed by atoms with Gasteiger partial charge in [0.15, 0.2) is 0 Å². The number of allylic oxidation sites excluding steroid dienone is 2. The van der Waals surface area contributed by atoms with Crippen molar-refractivity contribution in [2.45, 2.75) is 52.6 Å². The maximum absolute atomic E-state index is 12.6. The zero-order valence-electron chi connectivity index (χ0n) is 15.6. The highest BCUT2D eigenvalue weighted by Gasteiger charge is 2.41. The van der Waals surface area contributed by atoms with E-state index in [9.17, 15) is 10.0 Å². The summed E-state index contributed by atoms with van der Waals surface area (Å²) in [5.41, 5.74) is 4.33. The average molecular weight is 356 g/mol. The predicted octanol–water partition coefficient (Wildman–Crippen LogP) is 5.01. The molecule has 26 heavy (non-hydrogen) atoms. The van der Waals surface area contributed by atoms with E-state index in [0.29, 0.717) is 17.9 Å². The van der Waals surface area contributed by atoms with Crippen molar-refractivity contribution < 1.29 is 14.7 Å². The summed E-state index contributed by atoms with van der Waals surface area (Å²) in [5.74, 6) is 0.000395. The molecular formula is C21H26NO4-. The molecule has 0 aromatic heterocycles. The fraction of sp³-hybridized carbons (Fsp3) is 0.476. The molecule has 0 amide bonds. The van der Waals surface area contributed by atoms with Crippen LogP contribution >= 0.6 is 0 Å². The monoisotopic (exact) mass is 356 g/mol. The van der Waals surface area contributed by atoms with Crippen LogP contribution in [-0.4, -0.2) is 17.3 Å². The van der Waals surface area contributed by atoms with Crippen molar-refractivity contribution in [3.63, 3.8) is 0 Å². The van der Waals surface area contributed by atoms with Gasteiger partial charge in [0, 0.05) is 17.8 Å². The van der Waals surface area contributed by atoms with Crippen LogP contribution in [0.5, 0.6) is 0 Å². The van der Waals surface area contributed by atoms with Crippen molar-refractivity contribution >= 4 is 11.7 Å². The predicted molar refractivity (Wildman–Crippen MR) is 101 cm³/mol. The number of ether oxygens (including phenoxy) is 1. The number of fused-ring (bicyclic) bond motifs is 1. The summed E-state index contributed by atoms with van der Waals surface area (Å²) < 4.78 is 5.87. The van der Waals surface area contributed by atoms with Gasteiger partial charge < -0.3 is 15.2 Å². The topological polar surface area (TPSA) is 72.8 Å². The molecular weight excluding hydrogens is 330 g/mol. The molecule has 0 spiro atoms. The van der Waals surface area contributed by atoms with Gasteiger partial charge in [-0.15, -0.1) is 0 Å². The van der Waals surface area contributed by atoms with Crippen LogP contribution < -0.4 is 5.23 Å². The minimum absolute atomic E-state index is 0.0694. The normalized spacial score (nSPS) is 24.9. The molecule has 2 atom stereocenters. The molecule has 2 aliphatic carbocycles. The van der Waals surface area contributed by atoms with Gasteiger partial charge in [0.05, 0.1) is 11.3 Å². The van der Waals surface area contributed by atoms with Gasteiger partial charge in [0.1, 0.15) is 6.10 Å². The van der Waals surface area contributed by atoms with Crippen LogP contribution in [-0.2, 0) is 4.74 Å². The number of hydrogen-bond donors (Lipinski definition) is 1. The summed E-state index contributed by atoms with van der Waals surface area (Å²) in [6, 6.07) is 5.75. The fourth-order valence-corrected chi connectivity index (χ4v) is 4.10. The number of carbonyl (C=O) groups excluding carboxylic acids is 1. The third-order valence-electron chi connectivity index (χ3n) is 5.81. The van der Waals surface area contributed by atoms with Crippen LogP contribution in [0.25, 0.3) is 0 Å². The average Bonchev–Trinajstić information content (AvgIpc) is 2.90. The molecule has 1 aromatic rings. The first-order chi connectivity index (χ1) is 12.2. The number of carbonyl (C=O) groups is 1. The van der Waals surface area contributed by atoms with Crippen molar-refractivity contribution in [3.05, 3.63) is 58.3 Å². The first kappa shape index (κ1) is 18.7. The van der Waals surface area contributed by atoms with Crippen LogP contribution in [0.3, 0.4) is 0 Å². The summed E-state index contributed by atoms with van der Waals surface area (Å²) in [5, 5.41) is 19.5. The molecule has 2 aliphatic rings. The quantitative estimate of drug-likeness (QED) is 0.468. The Morgan fingerprint density at radius 2 is 2.00 bits per heavy atom. The maximum atomic E-state index is 12.6. The van der Waals surface area contributed by atoms with E-state index in [1.54, 1.807) is 0 Å². The molecule has 0 saturated heterocycles. The van der Waals surface area contributed by atoms with Gasteiger partial charge in [-0.2, -0.15) is 0 Å². The Kier molecular flexibility index (Phi) is 4.95. The smallest absolute Gasteiger partial charge is 0.338 e. The Morgan fingerprint density at radius 1 is 1.35 bits per heavy atom. The lowest BCUT2D eigenvalue weighted by molar-refractivity contribution is -0.00586. The first-order valence-electron chi connectivity index (χ1n) is 9.02. The molecule has 0 unspecified atom stereocenters. The first-order valence-corrected chi connectivity index (χ1v) is 9.02. The molecule has 5 heteroatoms. The highest BCUT2D eigenvalue weighted by atomic mass is 16.8. The van der Waals surface area contributed by atoms with Crippen molar-refractivity contribution in [3.8, 4) is 0 Å². The summed E-state index contributed by atoms with van der Waals surface area (Å²) in [7, 11) is 0. The molecule has 0 bridgehead atoms. The van der Waals surface area contributed by atoms with Crippen LogP contribution in [0, 0.1) is 16.5 Å². The van der Waals surface area contributed by atoms with Crippen LogP contribution in [0.4, 0.5) is 5.69 Å². The van der Waals surface area contributed by atoms with Crippen LogP contribution in [0.2, 0.25) is 0 Å². The summed E-state index contributed by atoms with van der Waals surface area (Å²) >= 11 is 0. The van der Waals surface area contributed by atoms with Gasteiger partial charge in [0.25, 0.3) is 0 Å². The van der Waals surface area contributed by atoms with Crippen molar-refractivity contribution in [1.29, 1.82) is 0 Å². The fourth-order valence-electron chi connectivity index (χ4n) is 4.10. The van der Waals surface area contributed by atoms with Gasteiger partial charge in [-0.1, -0.05) is 37.1 Å². The highest BCUT2D eigenvalue weighted by molar-refractivity contribution is 5.90. The Morgan fingerprint density at radius 3 is 2.62 bits per heavy atom. The van der Waals surface area contributed by atoms with E-state index in [1.807, 2.05) is 0 Å². The Hall–Kier alpha value is -2.11. The van der Waals surface area contributed by atoms with Crippen molar-refractivity contribution in [1.82, 2.24) is 0 Å². The van der Waals surface area contributed by atoms with E-state index in [-0.39, 0.29) is 22.4 Å². The second-order valence-electron chi connectivity index (χ2n) is 8.14. The number of esters is 1. The largest absolute Gasteiger partial charge is 0.733 e. The third kappa shape index (κ3) is 3.55. The third-order valence-corrected chi connectivity index (χ3v) is 5.81. The second-order valence-corrected chi connectivity index (χ2v) is 8.14. The van der Waals surface area contributed by atoms with Crippen molar-refractivity contribution in [2.24, 2.45) is 11.3 Å². The SMILES string of the molecule is C=C1C[C@H](OC(=O)c2ccc(N([O-])O)cc2)C(C)(C)CC2=C(C)CC[C@@H]12. The number of rotatable bonds is 3. The van der Waals surface area contributed by atoms with Crippen LogP contribution in [0.1, 0.15) is 56.8 Å². The second kappa shape index (κ2) is 6.89. The minimum atomic E-state index is -0.421. The zero-order chi connectivity index (χ0) is 19.1. The lowest BCUT2D eigenvalue weighted by atomic mass is 9.80. The van der Waals surface area contributed by atoms with Gasteiger partial charge in [-0.05, 0) is 50.5 Å². The lowest BCUT2D eigenvalue weighted by Gasteiger charge is -2.32.